The standard InChI is InChI=1S/C21H21Cl2N3O2.ClH/c22-13-10-15-17(6-9-28-21(15)16(23)11-13)24-7-3-8-25-20-12-19(27)14-4-1-2-5-18(14)26-20;/h1-2,4-5,10-12,17,24H,3,6-9H2,(H2,25,26,27);1H. The Morgan fingerprint density at radius 1 is 1.14 bits per heavy atom. The number of hydrogen-bond acceptors (Lipinski definition) is 4. The molecule has 1 aliphatic rings. The van der Waals surface area contributed by atoms with Crippen LogP contribution in [-0.4, -0.2) is 24.7 Å². The predicted molar refractivity (Wildman–Crippen MR) is 122 cm³/mol. The molecule has 1 aliphatic heterocycles. The number of aromatic nitrogens is 1. The van der Waals surface area contributed by atoms with Crippen molar-refractivity contribution in [1.29, 1.82) is 0 Å². The van der Waals surface area contributed by atoms with Crippen LogP contribution in [0, 0.1) is 0 Å². The van der Waals surface area contributed by atoms with Crippen molar-refractivity contribution in [2.24, 2.45) is 0 Å². The second kappa shape index (κ2) is 9.72. The molecule has 0 amide bonds. The first-order chi connectivity index (χ1) is 13.6. The average Bonchev–Trinajstić information content (AvgIpc) is 2.68. The van der Waals surface area contributed by atoms with E-state index in [1.54, 1.807) is 12.1 Å². The lowest BCUT2D eigenvalue weighted by Gasteiger charge is -2.27. The van der Waals surface area contributed by atoms with Crippen molar-refractivity contribution < 1.29 is 4.74 Å². The summed E-state index contributed by atoms with van der Waals surface area (Å²) in [7, 11) is 0. The van der Waals surface area contributed by atoms with Gasteiger partial charge in [0, 0.05) is 41.0 Å². The predicted octanol–water partition coefficient (Wildman–Crippen LogP) is 5.17. The van der Waals surface area contributed by atoms with Gasteiger partial charge in [-0.05, 0) is 37.2 Å². The van der Waals surface area contributed by atoms with E-state index < -0.39 is 0 Å². The molecule has 2 aromatic carbocycles. The van der Waals surface area contributed by atoms with Crippen LogP contribution >= 0.6 is 35.6 Å². The Bertz CT molecular complexity index is 1060. The van der Waals surface area contributed by atoms with Gasteiger partial charge in [0.15, 0.2) is 5.43 Å². The summed E-state index contributed by atoms with van der Waals surface area (Å²) in [6, 6.07) is 12.9. The third-order valence-electron chi connectivity index (χ3n) is 4.86. The van der Waals surface area contributed by atoms with Gasteiger partial charge in [0.25, 0.3) is 0 Å². The minimum Gasteiger partial charge on any atom is -0.492 e. The normalized spacial score (nSPS) is 15.3. The summed E-state index contributed by atoms with van der Waals surface area (Å²) in [6.45, 7) is 2.19. The highest BCUT2D eigenvalue weighted by molar-refractivity contribution is 6.35. The molecule has 1 aromatic heterocycles. The monoisotopic (exact) mass is 453 g/mol. The number of aromatic amines is 1. The Morgan fingerprint density at radius 3 is 2.83 bits per heavy atom. The Balaban J connectivity index is 0.00000240. The first kappa shape index (κ1) is 21.8. The number of ether oxygens (including phenoxy) is 1. The summed E-state index contributed by atoms with van der Waals surface area (Å²) in [5.41, 5.74) is 1.86. The number of nitrogens with one attached hydrogen (secondary N) is 3. The first-order valence-corrected chi connectivity index (χ1v) is 10.1. The lowest BCUT2D eigenvalue weighted by atomic mass is 10.0. The second-order valence-corrected chi connectivity index (χ2v) is 7.67. The van der Waals surface area contributed by atoms with Crippen molar-refractivity contribution in [1.82, 2.24) is 10.3 Å². The highest BCUT2D eigenvalue weighted by Gasteiger charge is 2.23. The molecule has 3 aromatic rings. The maximum atomic E-state index is 12.2. The van der Waals surface area contributed by atoms with Gasteiger partial charge in [0.2, 0.25) is 0 Å². The van der Waals surface area contributed by atoms with Crippen LogP contribution in [0.1, 0.15) is 24.4 Å². The number of rotatable bonds is 6. The molecule has 0 saturated heterocycles. The van der Waals surface area contributed by atoms with Crippen LogP contribution in [0.25, 0.3) is 10.9 Å². The summed E-state index contributed by atoms with van der Waals surface area (Å²) >= 11 is 12.4. The van der Waals surface area contributed by atoms with Crippen LogP contribution in [0.3, 0.4) is 0 Å². The number of fused-ring (bicyclic) bond motifs is 2. The molecule has 154 valence electrons. The molecule has 3 N–H and O–H groups in total. The molecule has 1 atom stereocenters. The maximum Gasteiger partial charge on any atom is 0.191 e. The Kier molecular flexibility index (Phi) is 7.30. The molecule has 0 radical (unpaired) electrons. The molecule has 0 saturated carbocycles. The zero-order chi connectivity index (χ0) is 19.5. The minimum absolute atomic E-state index is 0. The van der Waals surface area contributed by atoms with Crippen molar-refractivity contribution in [2.45, 2.75) is 18.9 Å². The maximum absolute atomic E-state index is 12.2. The third-order valence-corrected chi connectivity index (χ3v) is 5.36. The largest absolute Gasteiger partial charge is 0.492 e. The average molecular weight is 455 g/mol. The molecule has 1 unspecified atom stereocenters. The summed E-state index contributed by atoms with van der Waals surface area (Å²) in [5, 5.41) is 8.71. The second-order valence-electron chi connectivity index (χ2n) is 6.82. The lowest BCUT2D eigenvalue weighted by Crippen LogP contribution is -2.29. The van der Waals surface area contributed by atoms with E-state index in [1.807, 2.05) is 30.3 Å². The Hall–Kier alpha value is -1.92. The fraction of sp³-hybridized carbons (Fsp3) is 0.286. The molecular weight excluding hydrogens is 433 g/mol. The van der Waals surface area contributed by atoms with Gasteiger partial charge in [-0.25, -0.2) is 0 Å². The van der Waals surface area contributed by atoms with E-state index in [1.165, 1.54) is 0 Å². The van der Waals surface area contributed by atoms with Crippen LogP contribution in [0.4, 0.5) is 5.82 Å². The topological polar surface area (TPSA) is 66.2 Å². The van der Waals surface area contributed by atoms with Crippen molar-refractivity contribution in [3.8, 4) is 5.75 Å². The van der Waals surface area contributed by atoms with Gasteiger partial charge in [0.05, 0.1) is 17.1 Å². The number of anilines is 1. The number of halogens is 3. The number of para-hydroxylation sites is 1. The van der Waals surface area contributed by atoms with Gasteiger partial charge in [-0.2, -0.15) is 0 Å². The first-order valence-electron chi connectivity index (χ1n) is 9.33. The fourth-order valence-electron chi connectivity index (χ4n) is 3.52. The van der Waals surface area contributed by atoms with E-state index in [-0.39, 0.29) is 23.9 Å². The van der Waals surface area contributed by atoms with Crippen LogP contribution in [0.2, 0.25) is 10.0 Å². The summed E-state index contributed by atoms with van der Waals surface area (Å²) < 4.78 is 5.69. The number of benzene rings is 2. The summed E-state index contributed by atoms with van der Waals surface area (Å²) in [5.74, 6) is 1.46. The molecule has 0 fully saturated rings. The SMILES string of the molecule is Cl.O=c1cc(NCCCNC2CCOc3c(Cl)cc(Cl)cc32)[nH]c2ccccc12. The molecule has 5 nitrogen and oxygen atoms in total. The van der Waals surface area contributed by atoms with E-state index in [2.05, 4.69) is 15.6 Å². The lowest BCUT2D eigenvalue weighted by molar-refractivity contribution is 0.253. The highest BCUT2D eigenvalue weighted by atomic mass is 35.5. The van der Waals surface area contributed by atoms with Gasteiger partial charge < -0.3 is 20.4 Å². The Morgan fingerprint density at radius 2 is 1.97 bits per heavy atom. The fourth-order valence-corrected chi connectivity index (χ4v) is 4.08. The van der Waals surface area contributed by atoms with Crippen LogP contribution < -0.4 is 20.8 Å². The Labute approximate surface area is 185 Å². The highest BCUT2D eigenvalue weighted by Crippen LogP contribution is 2.39. The van der Waals surface area contributed by atoms with Crippen LogP contribution in [0.5, 0.6) is 5.75 Å². The number of H-pyrrole nitrogens is 1. The quantitative estimate of drug-likeness (QED) is 0.449. The van der Waals surface area contributed by atoms with E-state index in [0.717, 1.165) is 48.6 Å². The van der Waals surface area contributed by atoms with Crippen LogP contribution in [-0.2, 0) is 0 Å². The van der Waals surface area contributed by atoms with Gasteiger partial charge in [-0.15, -0.1) is 12.4 Å². The molecule has 0 bridgehead atoms. The van der Waals surface area contributed by atoms with Crippen LogP contribution in [0.15, 0.2) is 47.3 Å². The minimum atomic E-state index is 0. The molecule has 29 heavy (non-hydrogen) atoms. The van der Waals surface area contributed by atoms with Crippen molar-refractivity contribution in [3.63, 3.8) is 0 Å². The van der Waals surface area contributed by atoms with Gasteiger partial charge in [-0.3, -0.25) is 4.79 Å². The van der Waals surface area contributed by atoms with E-state index in [9.17, 15) is 4.79 Å². The molecule has 4 rings (SSSR count). The molecule has 0 aliphatic carbocycles. The van der Waals surface area contributed by atoms with E-state index >= 15 is 0 Å². The van der Waals surface area contributed by atoms with E-state index in [0.29, 0.717) is 22.0 Å². The van der Waals surface area contributed by atoms with Gasteiger partial charge in [-0.1, -0.05) is 35.3 Å². The smallest absolute Gasteiger partial charge is 0.191 e. The van der Waals surface area contributed by atoms with Crippen molar-refractivity contribution in [2.75, 3.05) is 25.0 Å². The molecule has 8 heteroatoms. The molecule has 0 spiro atoms. The summed E-state index contributed by atoms with van der Waals surface area (Å²) in [4.78, 5) is 15.4. The van der Waals surface area contributed by atoms with Crippen molar-refractivity contribution >= 4 is 52.3 Å². The van der Waals surface area contributed by atoms with E-state index in [4.69, 9.17) is 27.9 Å². The zero-order valence-electron chi connectivity index (χ0n) is 15.6. The number of hydrogen-bond donors (Lipinski definition) is 3. The van der Waals surface area contributed by atoms with Crippen molar-refractivity contribution in [3.05, 3.63) is 68.3 Å². The number of pyridine rings is 1. The third kappa shape index (κ3) is 4.98. The van der Waals surface area contributed by atoms with Gasteiger partial charge >= 0.3 is 0 Å². The van der Waals surface area contributed by atoms with Gasteiger partial charge in [0.1, 0.15) is 11.6 Å². The molecular formula is C21H22Cl3N3O2. The summed E-state index contributed by atoms with van der Waals surface area (Å²) in [6.07, 6.45) is 1.77. The zero-order valence-corrected chi connectivity index (χ0v) is 18.0. The molecule has 2 heterocycles.